The molecule has 0 amide bonds. The molecule has 68 valence electrons. The first-order valence-electron chi connectivity index (χ1n) is 4.51. The third kappa shape index (κ3) is 1.89. The Morgan fingerprint density at radius 2 is 1.77 bits per heavy atom. The summed E-state index contributed by atoms with van der Waals surface area (Å²) in [5, 5.41) is 0. The van der Waals surface area contributed by atoms with Crippen LogP contribution in [0.3, 0.4) is 0 Å². The molecule has 0 radical (unpaired) electrons. The summed E-state index contributed by atoms with van der Waals surface area (Å²) in [6.07, 6.45) is 0. The fraction of sp³-hybridized carbons (Fsp3) is 0.417. The molecule has 0 aromatic heterocycles. The van der Waals surface area contributed by atoms with Gasteiger partial charge in [-0.15, -0.1) is 0 Å². The van der Waals surface area contributed by atoms with Crippen molar-refractivity contribution in [1.82, 2.24) is 0 Å². The van der Waals surface area contributed by atoms with Crippen LogP contribution < -0.4 is 0 Å². The highest BCUT2D eigenvalue weighted by molar-refractivity contribution is 5.26. The largest absolute Gasteiger partial charge is 0.313 e. The highest BCUT2D eigenvalue weighted by Gasteiger charge is 2.32. The molecule has 1 aromatic rings. The Kier molecular flexibility index (Phi) is 2.72. The summed E-state index contributed by atoms with van der Waals surface area (Å²) in [7, 11) is 0. The van der Waals surface area contributed by atoms with Crippen molar-refractivity contribution < 1.29 is 0 Å². The minimum absolute atomic E-state index is 0.0231. The maximum absolute atomic E-state index is 7.04. The zero-order valence-electron chi connectivity index (χ0n) is 8.41. The van der Waals surface area contributed by atoms with Gasteiger partial charge in [-0.25, -0.2) is 6.57 Å². The minimum Gasteiger partial charge on any atom is -0.313 e. The molecule has 0 aliphatic rings. The van der Waals surface area contributed by atoms with E-state index in [2.05, 4.69) is 30.8 Å². The molecule has 0 fully saturated rings. The SMILES string of the molecule is [C-]#[N+]C(C)C(C)(C)c1ccccc1. The Labute approximate surface area is 80.2 Å². The maximum Gasteiger partial charge on any atom is 0.229 e. The molecule has 1 heteroatoms. The molecular weight excluding hydrogens is 158 g/mol. The standard InChI is InChI=1S/C12H15N/c1-10(13-4)12(2,3)11-8-6-5-7-9-11/h5-10H,1-3H3. The summed E-state index contributed by atoms with van der Waals surface area (Å²) < 4.78 is 0. The smallest absolute Gasteiger partial charge is 0.229 e. The van der Waals surface area contributed by atoms with Crippen molar-refractivity contribution in [2.45, 2.75) is 32.2 Å². The quantitative estimate of drug-likeness (QED) is 0.604. The van der Waals surface area contributed by atoms with Crippen LogP contribution in [0.4, 0.5) is 0 Å². The lowest BCUT2D eigenvalue weighted by atomic mass is 9.79. The number of rotatable bonds is 2. The second-order valence-electron chi connectivity index (χ2n) is 3.89. The van der Waals surface area contributed by atoms with Gasteiger partial charge in [0.05, 0.1) is 5.41 Å². The van der Waals surface area contributed by atoms with Crippen LogP contribution in [0.5, 0.6) is 0 Å². The Bertz CT molecular complexity index is 306. The Morgan fingerprint density at radius 3 is 2.23 bits per heavy atom. The van der Waals surface area contributed by atoms with Gasteiger partial charge in [-0.05, 0) is 19.4 Å². The average molecular weight is 173 g/mol. The minimum atomic E-state index is -0.0526. The number of hydrogen-bond acceptors (Lipinski definition) is 0. The Hall–Kier alpha value is -1.29. The molecule has 1 rings (SSSR count). The van der Waals surface area contributed by atoms with Gasteiger partial charge in [-0.2, -0.15) is 0 Å². The normalized spacial score (nSPS) is 13.4. The predicted molar refractivity (Wildman–Crippen MR) is 55.5 cm³/mol. The summed E-state index contributed by atoms with van der Waals surface area (Å²) in [5.41, 5.74) is 1.18. The van der Waals surface area contributed by atoms with Crippen molar-refractivity contribution in [2.24, 2.45) is 0 Å². The van der Waals surface area contributed by atoms with Crippen LogP contribution in [-0.4, -0.2) is 6.04 Å². The lowest BCUT2D eigenvalue weighted by Crippen LogP contribution is -2.28. The molecule has 0 bridgehead atoms. The van der Waals surface area contributed by atoms with Crippen molar-refractivity contribution in [2.75, 3.05) is 0 Å². The van der Waals surface area contributed by atoms with E-state index in [1.54, 1.807) is 0 Å². The van der Waals surface area contributed by atoms with E-state index in [-0.39, 0.29) is 11.5 Å². The molecule has 1 atom stereocenters. The molecule has 0 saturated carbocycles. The second-order valence-corrected chi connectivity index (χ2v) is 3.89. The highest BCUT2D eigenvalue weighted by Crippen LogP contribution is 2.28. The van der Waals surface area contributed by atoms with Gasteiger partial charge in [0.15, 0.2) is 0 Å². The predicted octanol–water partition coefficient (Wildman–Crippen LogP) is 3.27. The maximum atomic E-state index is 7.04. The van der Waals surface area contributed by atoms with Crippen LogP contribution in [0.2, 0.25) is 0 Å². The summed E-state index contributed by atoms with van der Waals surface area (Å²) in [6, 6.07) is 10.2. The van der Waals surface area contributed by atoms with Gasteiger partial charge in [-0.1, -0.05) is 30.3 Å². The van der Waals surface area contributed by atoms with E-state index in [1.165, 1.54) is 5.56 Å². The molecule has 0 N–H and O–H groups in total. The van der Waals surface area contributed by atoms with Crippen LogP contribution >= 0.6 is 0 Å². The molecule has 0 saturated heterocycles. The van der Waals surface area contributed by atoms with Crippen LogP contribution in [0.25, 0.3) is 4.85 Å². The summed E-state index contributed by atoms with van der Waals surface area (Å²) in [5.74, 6) is 0. The molecule has 1 unspecified atom stereocenters. The van der Waals surface area contributed by atoms with E-state index in [0.717, 1.165) is 0 Å². The topological polar surface area (TPSA) is 4.36 Å². The molecule has 0 aliphatic carbocycles. The van der Waals surface area contributed by atoms with Crippen molar-refractivity contribution in [1.29, 1.82) is 0 Å². The molecule has 0 aliphatic heterocycles. The Morgan fingerprint density at radius 1 is 1.23 bits per heavy atom. The van der Waals surface area contributed by atoms with Gasteiger partial charge in [0.1, 0.15) is 0 Å². The van der Waals surface area contributed by atoms with E-state index in [9.17, 15) is 0 Å². The first-order valence-corrected chi connectivity index (χ1v) is 4.51. The van der Waals surface area contributed by atoms with Crippen LogP contribution in [0, 0.1) is 6.57 Å². The second kappa shape index (κ2) is 3.62. The molecular formula is C12H15N. The summed E-state index contributed by atoms with van der Waals surface area (Å²) >= 11 is 0. The number of hydrogen-bond donors (Lipinski definition) is 0. The van der Waals surface area contributed by atoms with Gasteiger partial charge in [0.2, 0.25) is 6.04 Å². The zero-order chi connectivity index (χ0) is 9.90. The van der Waals surface area contributed by atoms with Crippen molar-refractivity contribution in [3.8, 4) is 0 Å². The van der Waals surface area contributed by atoms with E-state index < -0.39 is 0 Å². The molecule has 1 nitrogen and oxygen atoms in total. The molecule has 13 heavy (non-hydrogen) atoms. The number of benzene rings is 1. The molecule has 0 heterocycles. The highest BCUT2D eigenvalue weighted by atomic mass is 14.7. The van der Waals surface area contributed by atoms with E-state index >= 15 is 0 Å². The third-order valence-electron chi connectivity index (χ3n) is 2.76. The molecule has 0 spiro atoms. The Balaban J connectivity index is 3.02. The van der Waals surface area contributed by atoms with Crippen LogP contribution in [-0.2, 0) is 5.41 Å². The zero-order valence-corrected chi connectivity index (χ0v) is 8.41. The van der Waals surface area contributed by atoms with E-state index in [1.807, 2.05) is 25.1 Å². The third-order valence-corrected chi connectivity index (χ3v) is 2.76. The lowest BCUT2D eigenvalue weighted by molar-refractivity contribution is 0.478. The fourth-order valence-corrected chi connectivity index (χ4v) is 1.27. The summed E-state index contributed by atoms with van der Waals surface area (Å²) in [6.45, 7) is 13.2. The van der Waals surface area contributed by atoms with Crippen molar-refractivity contribution in [3.63, 3.8) is 0 Å². The first-order chi connectivity index (χ1) is 6.09. The summed E-state index contributed by atoms with van der Waals surface area (Å²) in [4.78, 5) is 3.59. The molecule has 1 aromatic carbocycles. The van der Waals surface area contributed by atoms with Gasteiger partial charge in [0.25, 0.3) is 0 Å². The van der Waals surface area contributed by atoms with Gasteiger partial charge in [0, 0.05) is 6.92 Å². The van der Waals surface area contributed by atoms with E-state index in [4.69, 9.17) is 6.57 Å². The first kappa shape index (κ1) is 9.80. The van der Waals surface area contributed by atoms with E-state index in [0.29, 0.717) is 0 Å². The number of nitrogens with zero attached hydrogens (tertiary/aromatic N) is 1. The fourth-order valence-electron chi connectivity index (χ4n) is 1.27. The van der Waals surface area contributed by atoms with Gasteiger partial charge >= 0.3 is 0 Å². The van der Waals surface area contributed by atoms with Gasteiger partial charge < -0.3 is 4.85 Å². The van der Waals surface area contributed by atoms with Gasteiger partial charge in [-0.3, -0.25) is 0 Å². The average Bonchev–Trinajstić information content (AvgIpc) is 2.18. The van der Waals surface area contributed by atoms with Crippen LogP contribution in [0.15, 0.2) is 30.3 Å². The van der Waals surface area contributed by atoms with Crippen molar-refractivity contribution in [3.05, 3.63) is 47.3 Å². The van der Waals surface area contributed by atoms with Crippen molar-refractivity contribution >= 4 is 0 Å². The monoisotopic (exact) mass is 173 g/mol. The lowest BCUT2D eigenvalue weighted by Gasteiger charge is -2.23. The van der Waals surface area contributed by atoms with Crippen LogP contribution in [0.1, 0.15) is 26.3 Å².